The fourth-order valence-corrected chi connectivity index (χ4v) is 3.23. The minimum atomic E-state index is -0.557. The molecule has 0 bridgehead atoms. The van der Waals surface area contributed by atoms with Crippen LogP contribution in [0.15, 0.2) is 66.2 Å². The molecular weight excluding hydrogens is 430 g/mol. The molecule has 0 atom stereocenters. The van der Waals surface area contributed by atoms with Gasteiger partial charge in [-0.2, -0.15) is 10.5 Å². The molecule has 1 N–H and O–H groups in total. The number of nitriles is 2. The third kappa shape index (κ3) is 5.73. The van der Waals surface area contributed by atoms with Crippen LogP contribution in [0.5, 0.6) is 17.2 Å². The highest BCUT2D eigenvalue weighted by Gasteiger charge is 2.14. The van der Waals surface area contributed by atoms with Gasteiger partial charge >= 0.3 is 0 Å². The number of carbonyl (C=O) groups excluding carboxylic acids is 1. The van der Waals surface area contributed by atoms with Gasteiger partial charge in [0.05, 0.1) is 31.5 Å². The van der Waals surface area contributed by atoms with E-state index < -0.39 is 5.91 Å². The van der Waals surface area contributed by atoms with Crippen LogP contribution in [-0.4, -0.2) is 20.1 Å². The predicted molar refractivity (Wildman–Crippen MR) is 128 cm³/mol. The number of ether oxygens (including phenoxy) is 3. The molecule has 0 spiro atoms. The second kappa shape index (κ2) is 11.2. The third-order valence-electron chi connectivity index (χ3n) is 4.99. The molecule has 0 saturated heterocycles. The lowest BCUT2D eigenvalue weighted by atomic mass is 10.1. The van der Waals surface area contributed by atoms with E-state index in [-0.39, 0.29) is 12.2 Å². The van der Waals surface area contributed by atoms with Crippen LogP contribution in [0.25, 0.3) is 6.08 Å². The Morgan fingerprint density at radius 3 is 2.41 bits per heavy atom. The third-order valence-corrected chi connectivity index (χ3v) is 4.99. The highest BCUT2D eigenvalue weighted by molar-refractivity contribution is 6.10. The van der Waals surface area contributed by atoms with Crippen molar-refractivity contribution in [3.63, 3.8) is 0 Å². The molecule has 0 unspecified atom stereocenters. The van der Waals surface area contributed by atoms with E-state index in [2.05, 4.69) is 11.4 Å². The van der Waals surface area contributed by atoms with Crippen LogP contribution in [0.3, 0.4) is 0 Å². The highest BCUT2D eigenvalue weighted by Crippen LogP contribution is 2.30. The molecule has 0 heterocycles. The number of hydrogen-bond acceptors (Lipinski definition) is 6. The molecule has 0 aromatic heterocycles. The number of rotatable bonds is 8. The lowest BCUT2D eigenvalue weighted by Gasteiger charge is -2.12. The SMILES string of the molecule is COc1ccc(C)cc1NC(=O)/C(C#N)=C/c1ccc(OCc2ccccc2C#N)c(OC)c1. The summed E-state index contributed by atoms with van der Waals surface area (Å²) in [4.78, 5) is 12.7. The van der Waals surface area contributed by atoms with Crippen molar-refractivity contribution in [2.24, 2.45) is 0 Å². The van der Waals surface area contributed by atoms with E-state index in [0.717, 1.165) is 11.1 Å². The smallest absolute Gasteiger partial charge is 0.266 e. The Morgan fingerprint density at radius 2 is 1.71 bits per heavy atom. The van der Waals surface area contributed by atoms with Gasteiger partial charge in [-0.05, 0) is 54.5 Å². The van der Waals surface area contributed by atoms with Gasteiger partial charge < -0.3 is 19.5 Å². The molecule has 7 nitrogen and oxygen atoms in total. The number of methoxy groups -OCH3 is 2. The molecule has 34 heavy (non-hydrogen) atoms. The topological polar surface area (TPSA) is 104 Å². The second-order valence-corrected chi connectivity index (χ2v) is 7.30. The van der Waals surface area contributed by atoms with Crippen LogP contribution < -0.4 is 19.5 Å². The molecule has 7 heteroatoms. The van der Waals surface area contributed by atoms with Gasteiger partial charge in [0.15, 0.2) is 11.5 Å². The van der Waals surface area contributed by atoms with E-state index in [1.165, 1.54) is 20.3 Å². The zero-order chi connectivity index (χ0) is 24.5. The summed E-state index contributed by atoms with van der Waals surface area (Å²) >= 11 is 0. The summed E-state index contributed by atoms with van der Waals surface area (Å²) in [6, 6.07) is 21.7. The predicted octanol–water partition coefficient (Wildman–Crippen LogP) is 5.01. The molecule has 0 saturated carbocycles. The maximum Gasteiger partial charge on any atom is 0.266 e. The minimum absolute atomic E-state index is 0.0813. The molecule has 3 rings (SSSR count). The molecule has 3 aromatic carbocycles. The number of benzene rings is 3. The second-order valence-electron chi connectivity index (χ2n) is 7.30. The fourth-order valence-electron chi connectivity index (χ4n) is 3.23. The number of aryl methyl sites for hydroxylation is 1. The first-order valence-electron chi connectivity index (χ1n) is 10.4. The molecule has 0 aliphatic heterocycles. The molecule has 0 radical (unpaired) electrons. The first kappa shape index (κ1) is 23.9. The van der Waals surface area contributed by atoms with Crippen molar-refractivity contribution in [1.82, 2.24) is 0 Å². The van der Waals surface area contributed by atoms with Crippen LogP contribution >= 0.6 is 0 Å². The van der Waals surface area contributed by atoms with Gasteiger partial charge in [-0.15, -0.1) is 0 Å². The van der Waals surface area contributed by atoms with Gasteiger partial charge in [-0.3, -0.25) is 4.79 Å². The molecule has 170 valence electrons. The Bertz CT molecular complexity index is 1320. The molecule has 0 fully saturated rings. The number of anilines is 1. The molecule has 0 aliphatic rings. The number of amides is 1. The Labute approximate surface area is 198 Å². The minimum Gasteiger partial charge on any atom is -0.495 e. The number of nitrogens with zero attached hydrogens (tertiary/aromatic N) is 2. The molecule has 1 amide bonds. The monoisotopic (exact) mass is 453 g/mol. The van der Waals surface area contributed by atoms with Crippen LogP contribution in [0, 0.1) is 29.6 Å². The van der Waals surface area contributed by atoms with Gasteiger partial charge in [0, 0.05) is 5.56 Å². The Balaban J connectivity index is 1.80. The lowest BCUT2D eigenvalue weighted by Crippen LogP contribution is -2.14. The first-order chi connectivity index (χ1) is 16.5. The van der Waals surface area contributed by atoms with Gasteiger partial charge in [-0.1, -0.05) is 30.3 Å². The van der Waals surface area contributed by atoms with Gasteiger partial charge in [-0.25, -0.2) is 0 Å². The van der Waals surface area contributed by atoms with E-state index in [9.17, 15) is 15.3 Å². The zero-order valence-corrected chi connectivity index (χ0v) is 19.1. The van der Waals surface area contributed by atoms with Crippen LogP contribution in [0.1, 0.15) is 22.3 Å². The van der Waals surface area contributed by atoms with E-state index in [1.807, 2.05) is 31.2 Å². The molecular formula is C27H23N3O4. The van der Waals surface area contributed by atoms with E-state index in [4.69, 9.17) is 14.2 Å². The van der Waals surface area contributed by atoms with E-state index in [1.54, 1.807) is 42.5 Å². The zero-order valence-electron chi connectivity index (χ0n) is 19.1. The number of carbonyl (C=O) groups is 1. The summed E-state index contributed by atoms with van der Waals surface area (Å²) in [5.74, 6) is 0.845. The Hall–Kier alpha value is -4.75. The van der Waals surface area contributed by atoms with Crippen molar-refractivity contribution in [2.45, 2.75) is 13.5 Å². The summed E-state index contributed by atoms with van der Waals surface area (Å²) in [5.41, 5.74) is 3.22. The van der Waals surface area contributed by atoms with E-state index >= 15 is 0 Å². The van der Waals surface area contributed by atoms with Crippen molar-refractivity contribution in [1.29, 1.82) is 10.5 Å². The number of nitrogens with one attached hydrogen (secondary N) is 1. The summed E-state index contributed by atoms with van der Waals surface area (Å²) in [6.07, 6.45) is 1.47. The van der Waals surface area contributed by atoms with Gasteiger partial charge in [0.2, 0.25) is 0 Å². The normalized spacial score (nSPS) is 10.6. The average Bonchev–Trinajstić information content (AvgIpc) is 2.86. The van der Waals surface area contributed by atoms with Gasteiger partial charge in [0.25, 0.3) is 5.91 Å². The Morgan fingerprint density at radius 1 is 0.971 bits per heavy atom. The van der Waals surface area contributed by atoms with E-state index in [0.29, 0.717) is 34.1 Å². The summed E-state index contributed by atoms with van der Waals surface area (Å²) in [6.45, 7) is 2.09. The molecule has 0 aliphatic carbocycles. The van der Waals surface area contributed by atoms with Crippen molar-refractivity contribution in [3.05, 3.63) is 88.5 Å². The van der Waals surface area contributed by atoms with Crippen molar-refractivity contribution < 1.29 is 19.0 Å². The lowest BCUT2D eigenvalue weighted by molar-refractivity contribution is -0.112. The summed E-state index contributed by atoms with van der Waals surface area (Å²) < 4.78 is 16.6. The van der Waals surface area contributed by atoms with Gasteiger partial charge in [0.1, 0.15) is 24.0 Å². The quantitative estimate of drug-likeness (QED) is 0.380. The maximum atomic E-state index is 12.7. The number of hydrogen-bond donors (Lipinski definition) is 1. The summed E-state index contributed by atoms with van der Waals surface area (Å²) in [5, 5.41) is 21.5. The van der Waals surface area contributed by atoms with Crippen LogP contribution in [-0.2, 0) is 11.4 Å². The van der Waals surface area contributed by atoms with Crippen molar-refractivity contribution in [3.8, 4) is 29.4 Å². The standard InChI is InChI=1S/C27H23N3O4/c1-18-8-10-24(32-2)23(12-18)30-27(31)22(16-29)13-19-9-11-25(26(14-19)33-3)34-17-21-7-5-4-6-20(21)15-28/h4-14H,17H2,1-3H3,(H,30,31)/b22-13+. The van der Waals surface area contributed by atoms with Crippen LogP contribution in [0.4, 0.5) is 5.69 Å². The molecule has 3 aromatic rings. The fraction of sp³-hybridized carbons (Fsp3) is 0.148. The van der Waals surface area contributed by atoms with Crippen molar-refractivity contribution >= 4 is 17.7 Å². The largest absolute Gasteiger partial charge is 0.495 e. The maximum absolute atomic E-state index is 12.7. The Kier molecular flexibility index (Phi) is 7.88. The van der Waals surface area contributed by atoms with Crippen LogP contribution in [0.2, 0.25) is 0 Å². The average molecular weight is 453 g/mol. The highest BCUT2D eigenvalue weighted by atomic mass is 16.5. The first-order valence-corrected chi connectivity index (χ1v) is 10.4. The summed E-state index contributed by atoms with van der Waals surface area (Å²) in [7, 11) is 3.01. The van der Waals surface area contributed by atoms with Crippen molar-refractivity contribution in [2.75, 3.05) is 19.5 Å².